The van der Waals surface area contributed by atoms with Crippen LogP contribution < -0.4 is 10.2 Å². The Labute approximate surface area is 111 Å². The molecule has 100 valence electrons. The molecule has 0 amide bonds. The summed E-state index contributed by atoms with van der Waals surface area (Å²) in [6, 6.07) is 2.90. The van der Waals surface area contributed by atoms with Gasteiger partial charge in [0.1, 0.15) is 0 Å². The van der Waals surface area contributed by atoms with Crippen LogP contribution in [0.4, 0.5) is 5.69 Å². The molecule has 0 radical (unpaired) electrons. The minimum atomic E-state index is 0.675. The fourth-order valence-corrected chi connectivity index (χ4v) is 2.23. The highest BCUT2D eigenvalue weighted by atomic mass is 15.1. The van der Waals surface area contributed by atoms with Crippen LogP contribution in [0.5, 0.6) is 0 Å². The average molecular weight is 247 g/mol. The highest BCUT2D eigenvalue weighted by Crippen LogP contribution is 2.23. The van der Waals surface area contributed by atoms with Crippen LogP contribution in [-0.2, 0) is 6.54 Å². The van der Waals surface area contributed by atoms with Gasteiger partial charge in [0, 0.05) is 31.9 Å². The summed E-state index contributed by atoms with van der Waals surface area (Å²) < 4.78 is 0. The van der Waals surface area contributed by atoms with Gasteiger partial charge < -0.3 is 10.2 Å². The fraction of sp³-hybridized carbons (Fsp3) is 0.667. The number of rotatable bonds is 7. The predicted octanol–water partition coefficient (Wildman–Crippen LogP) is 2.82. The van der Waals surface area contributed by atoms with Crippen molar-refractivity contribution >= 4 is 5.69 Å². The van der Waals surface area contributed by atoms with Gasteiger partial charge in [-0.1, -0.05) is 13.8 Å². The van der Waals surface area contributed by atoms with Crippen LogP contribution in [0.1, 0.15) is 39.2 Å². The molecule has 1 heterocycles. The smallest absolute Gasteiger partial charge is 0.0598 e. The second-order valence-electron chi connectivity index (χ2n) is 5.59. The Bertz CT molecular complexity index is 372. The first-order valence-electron chi connectivity index (χ1n) is 7.12. The van der Waals surface area contributed by atoms with E-state index in [2.05, 4.69) is 42.0 Å². The first-order valence-corrected chi connectivity index (χ1v) is 7.12. The molecule has 1 fully saturated rings. The number of pyridine rings is 1. The lowest BCUT2D eigenvalue weighted by molar-refractivity contribution is 0.613. The Kier molecular flexibility index (Phi) is 4.59. The molecule has 0 bridgehead atoms. The standard InChI is InChI=1S/C15H25N3/c1-4-18(11-12(2)3)15-10-16-8-7-13(15)9-17-14-5-6-14/h7-8,10,12,14,17H,4-6,9,11H2,1-3H3. The average Bonchev–Trinajstić information content (AvgIpc) is 3.18. The van der Waals surface area contributed by atoms with Crippen molar-refractivity contribution in [2.45, 2.75) is 46.2 Å². The summed E-state index contributed by atoms with van der Waals surface area (Å²) in [6.07, 6.45) is 6.58. The van der Waals surface area contributed by atoms with Crippen molar-refractivity contribution in [1.29, 1.82) is 0 Å². The number of anilines is 1. The molecule has 2 rings (SSSR count). The minimum Gasteiger partial charge on any atom is -0.370 e. The fourth-order valence-electron chi connectivity index (χ4n) is 2.23. The molecule has 1 saturated carbocycles. The summed E-state index contributed by atoms with van der Waals surface area (Å²) in [6.45, 7) is 9.85. The zero-order valence-electron chi connectivity index (χ0n) is 11.8. The molecular formula is C15H25N3. The van der Waals surface area contributed by atoms with E-state index in [4.69, 9.17) is 0 Å². The Morgan fingerprint density at radius 1 is 1.44 bits per heavy atom. The van der Waals surface area contributed by atoms with Crippen molar-refractivity contribution in [1.82, 2.24) is 10.3 Å². The topological polar surface area (TPSA) is 28.2 Å². The molecule has 1 aromatic heterocycles. The first-order chi connectivity index (χ1) is 8.70. The van der Waals surface area contributed by atoms with E-state index in [0.717, 1.165) is 25.7 Å². The van der Waals surface area contributed by atoms with Gasteiger partial charge in [-0.15, -0.1) is 0 Å². The monoisotopic (exact) mass is 247 g/mol. The molecule has 0 saturated heterocycles. The molecule has 0 unspecified atom stereocenters. The summed E-state index contributed by atoms with van der Waals surface area (Å²) >= 11 is 0. The van der Waals surface area contributed by atoms with E-state index in [9.17, 15) is 0 Å². The van der Waals surface area contributed by atoms with Crippen LogP contribution in [0.25, 0.3) is 0 Å². The molecular weight excluding hydrogens is 222 g/mol. The summed E-state index contributed by atoms with van der Waals surface area (Å²) in [5, 5.41) is 3.59. The molecule has 1 aliphatic rings. The van der Waals surface area contributed by atoms with Crippen molar-refractivity contribution in [3.05, 3.63) is 24.0 Å². The molecule has 1 N–H and O–H groups in total. The molecule has 18 heavy (non-hydrogen) atoms. The van der Waals surface area contributed by atoms with E-state index < -0.39 is 0 Å². The zero-order valence-corrected chi connectivity index (χ0v) is 11.8. The maximum atomic E-state index is 4.29. The van der Waals surface area contributed by atoms with E-state index in [0.29, 0.717) is 5.92 Å². The van der Waals surface area contributed by atoms with Crippen molar-refractivity contribution in [2.24, 2.45) is 5.92 Å². The molecule has 0 spiro atoms. The van der Waals surface area contributed by atoms with E-state index in [-0.39, 0.29) is 0 Å². The highest BCUT2D eigenvalue weighted by Gasteiger charge is 2.21. The largest absolute Gasteiger partial charge is 0.370 e. The number of nitrogens with one attached hydrogen (secondary N) is 1. The van der Waals surface area contributed by atoms with Gasteiger partial charge in [0.25, 0.3) is 0 Å². The van der Waals surface area contributed by atoms with E-state index in [1.54, 1.807) is 0 Å². The van der Waals surface area contributed by atoms with E-state index >= 15 is 0 Å². The third-order valence-electron chi connectivity index (χ3n) is 3.35. The Morgan fingerprint density at radius 2 is 2.22 bits per heavy atom. The molecule has 1 aliphatic carbocycles. The molecule has 3 nitrogen and oxygen atoms in total. The number of nitrogens with zero attached hydrogens (tertiary/aromatic N) is 2. The van der Waals surface area contributed by atoms with E-state index in [1.165, 1.54) is 24.1 Å². The first kappa shape index (κ1) is 13.3. The maximum Gasteiger partial charge on any atom is 0.0598 e. The SMILES string of the molecule is CCN(CC(C)C)c1cnccc1CNC1CC1. The quantitative estimate of drug-likeness (QED) is 0.803. The van der Waals surface area contributed by atoms with Gasteiger partial charge in [-0.2, -0.15) is 0 Å². The van der Waals surface area contributed by atoms with Crippen molar-refractivity contribution < 1.29 is 0 Å². The van der Waals surface area contributed by atoms with Crippen molar-refractivity contribution in [3.63, 3.8) is 0 Å². The summed E-state index contributed by atoms with van der Waals surface area (Å²) in [4.78, 5) is 6.73. The number of aromatic nitrogens is 1. The van der Waals surface area contributed by atoms with Gasteiger partial charge in [-0.05, 0) is 37.3 Å². The van der Waals surface area contributed by atoms with Gasteiger partial charge in [0.15, 0.2) is 0 Å². The normalized spacial score (nSPS) is 15.1. The Hall–Kier alpha value is -1.09. The van der Waals surface area contributed by atoms with Gasteiger partial charge in [-0.3, -0.25) is 4.98 Å². The zero-order chi connectivity index (χ0) is 13.0. The van der Waals surface area contributed by atoms with Gasteiger partial charge in [0.2, 0.25) is 0 Å². The summed E-state index contributed by atoms with van der Waals surface area (Å²) in [5.74, 6) is 0.675. The number of hydrogen-bond acceptors (Lipinski definition) is 3. The van der Waals surface area contributed by atoms with Crippen LogP contribution in [0.15, 0.2) is 18.5 Å². The molecule has 0 atom stereocenters. The van der Waals surface area contributed by atoms with Gasteiger partial charge >= 0.3 is 0 Å². The Balaban J connectivity index is 2.07. The van der Waals surface area contributed by atoms with Gasteiger partial charge in [0.05, 0.1) is 11.9 Å². The number of hydrogen-bond donors (Lipinski definition) is 1. The van der Waals surface area contributed by atoms with Gasteiger partial charge in [-0.25, -0.2) is 0 Å². The van der Waals surface area contributed by atoms with Crippen molar-refractivity contribution in [3.8, 4) is 0 Å². The summed E-state index contributed by atoms with van der Waals surface area (Å²) in [7, 11) is 0. The van der Waals surface area contributed by atoms with E-state index in [1.807, 2.05) is 12.4 Å². The third-order valence-corrected chi connectivity index (χ3v) is 3.35. The minimum absolute atomic E-state index is 0.675. The maximum absolute atomic E-state index is 4.29. The third kappa shape index (κ3) is 3.70. The lowest BCUT2D eigenvalue weighted by atomic mass is 10.1. The van der Waals surface area contributed by atoms with Crippen LogP contribution >= 0.6 is 0 Å². The predicted molar refractivity (Wildman–Crippen MR) is 76.8 cm³/mol. The van der Waals surface area contributed by atoms with Crippen LogP contribution in [0.2, 0.25) is 0 Å². The lowest BCUT2D eigenvalue weighted by Gasteiger charge is -2.27. The molecule has 1 aromatic rings. The van der Waals surface area contributed by atoms with Crippen LogP contribution in [-0.4, -0.2) is 24.1 Å². The van der Waals surface area contributed by atoms with Crippen LogP contribution in [0, 0.1) is 5.92 Å². The second-order valence-corrected chi connectivity index (χ2v) is 5.59. The molecule has 0 aliphatic heterocycles. The summed E-state index contributed by atoms with van der Waals surface area (Å²) in [5.41, 5.74) is 2.67. The molecule has 3 heteroatoms. The van der Waals surface area contributed by atoms with Crippen molar-refractivity contribution in [2.75, 3.05) is 18.0 Å². The second kappa shape index (κ2) is 6.19. The Morgan fingerprint density at radius 3 is 2.83 bits per heavy atom. The lowest BCUT2D eigenvalue weighted by Crippen LogP contribution is -2.29. The van der Waals surface area contributed by atoms with Crippen LogP contribution in [0.3, 0.4) is 0 Å². The molecule has 0 aromatic carbocycles. The highest BCUT2D eigenvalue weighted by molar-refractivity contribution is 5.51.